The molecule has 0 aliphatic rings. The molecule has 0 amide bonds. The second kappa shape index (κ2) is 13.5. The van der Waals surface area contributed by atoms with E-state index in [0.29, 0.717) is 32.0 Å². The molecular weight excluding hydrogens is 414 g/mol. The fourth-order valence-electron chi connectivity index (χ4n) is 3.40. The highest BCUT2D eigenvalue weighted by Gasteiger charge is 2.50. The van der Waals surface area contributed by atoms with E-state index in [2.05, 4.69) is 17.0 Å². The van der Waals surface area contributed by atoms with Gasteiger partial charge >= 0.3 is 8.80 Å². The Labute approximate surface area is 189 Å². The van der Waals surface area contributed by atoms with Crippen LogP contribution in [-0.4, -0.2) is 67.9 Å². The van der Waals surface area contributed by atoms with E-state index in [1.54, 1.807) is 21.3 Å². The van der Waals surface area contributed by atoms with Crippen LogP contribution in [0.4, 0.5) is 5.69 Å². The maximum Gasteiger partial charge on any atom is 0.505 e. The summed E-state index contributed by atoms with van der Waals surface area (Å²) in [4.78, 5) is 2.26. The first kappa shape index (κ1) is 28.0. The molecule has 1 rings (SSSR count). The van der Waals surface area contributed by atoms with Crippen molar-refractivity contribution in [3.05, 3.63) is 30.3 Å². The van der Waals surface area contributed by atoms with Gasteiger partial charge < -0.3 is 39.1 Å². The minimum atomic E-state index is -3.17. The minimum absolute atomic E-state index is 0.459. The number of anilines is 1. The van der Waals surface area contributed by atoms with Crippen molar-refractivity contribution in [1.29, 1.82) is 0 Å². The molecule has 0 heterocycles. The fourth-order valence-corrected chi connectivity index (χ4v) is 6.29. The van der Waals surface area contributed by atoms with Gasteiger partial charge in [0.05, 0.1) is 5.60 Å². The number of nitrogens with zero attached hydrogens (tertiary/aromatic N) is 1. The molecule has 1 atom stereocenters. The van der Waals surface area contributed by atoms with Crippen LogP contribution in [0, 0.1) is 0 Å². The molecule has 31 heavy (non-hydrogen) atoms. The van der Waals surface area contributed by atoms with Gasteiger partial charge in [-0.05, 0) is 52.3 Å². The Morgan fingerprint density at radius 2 is 1.52 bits per heavy atom. The van der Waals surface area contributed by atoms with Gasteiger partial charge in [-0.25, -0.2) is 0 Å². The number of para-hydroxylation sites is 1. The number of rotatable bonds is 16. The molecule has 180 valence electrons. The molecular formula is C22H43N3O5Si. The molecule has 8 nitrogen and oxygen atoms in total. The molecule has 0 radical (unpaired) electrons. The third-order valence-electron chi connectivity index (χ3n) is 4.82. The van der Waals surface area contributed by atoms with Crippen LogP contribution in [0.3, 0.4) is 0 Å². The maximum atomic E-state index is 6.45. The molecule has 1 aromatic rings. The van der Waals surface area contributed by atoms with E-state index in [0.717, 1.165) is 25.2 Å². The van der Waals surface area contributed by atoms with Gasteiger partial charge in [-0.2, -0.15) is 0 Å². The Balaban J connectivity index is 3.03. The van der Waals surface area contributed by atoms with E-state index in [1.807, 2.05) is 39.0 Å². The second-order valence-electron chi connectivity index (χ2n) is 8.40. The largest absolute Gasteiger partial charge is 0.505 e. The number of ether oxygens (including phenoxy) is 2. The molecule has 1 unspecified atom stereocenters. The zero-order chi connectivity index (χ0) is 23.4. The van der Waals surface area contributed by atoms with Crippen LogP contribution in [0.15, 0.2) is 30.3 Å². The van der Waals surface area contributed by atoms with E-state index >= 15 is 0 Å². The van der Waals surface area contributed by atoms with Gasteiger partial charge in [0.1, 0.15) is 0 Å². The number of benzene rings is 1. The summed E-state index contributed by atoms with van der Waals surface area (Å²) in [6.45, 7) is 8.61. The summed E-state index contributed by atoms with van der Waals surface area (Å²) in [5.41, 5.74) is 12.2. The van der Waals surface area contributed by atoms with Crippen molar-refractivity contribution in [2.24, 2.45) is 11.5 Å². The highest BCUT2D eigenvalue weighted by molar-refractivity contribution is 6.60. The molecule has 0 aliphatic heterocycles. The molecule has 0 aliphatic carbocycles. The number of methoxy groups -OCH3 is 2. The zero-order valence-corrected chi connectivity index (χ0v) is 21.2. The first-order valence-corrected chi connectivity index (χ1v) is 12.9. The van der Waals surface area contributed by atoms with Crippen molar-refractivity contribution in [2.45, 2.75) is 57.7 Å². The third-order valence-corrected chi connectivity index (χ3v) is 7.96. The van der Waals surface area contributed by atoms with Crippen molar-refractivity contribution < 1.29 is 22.8 Å². The Kier molecular flexibility index (Phi) is 12.2. The molecule has 0 aromatic heterocycles. The van der Waals surface area contributed by atoms with Gasteiger partial charge in [0.2, 0.25) is 0 Å². The van der Waals surface area contributed by atoms with E-state index < -0.39 is 20.4 Å². The highest BCUT2D eigenvalue weighted by atomic mass is 28.4. The summed E-state index contributed by atoms with van der Waals surface area (Å²) in [7, 11) is 1.58. The molecule has 0 bridgehead atoms. The summed E-state index contributed by atoms with van der Waals surface area (Å²) in [6.07, 6.45) is 1.96. The molecule has 4 N–H and O–H groups in total. The first-order valence-electron chi connectivity index (χ1n) is 10.9. The van der Waals surface area contributed by atoms with Gasteiger partial charge in [-0.1, -0.05) is 18.2 Å². The normalized spacial score (nSPS) is 14.5. The van der Waals surface area contributed by atoms with E-state index in [9.17, 15) is 0 Å². The molecule has 0 saturated heterocycles. The zero-order valence-electron chi connectivity index (χ0n) is 20.2. The number of hydrogen-bond acceptors (Lipinski definition) is 8. The average Bonchev–Trinajstić information content (AvgIpc) is 2.75. The standard InChI is InChI=1S/C22H43N3O5Si/c1-21(2,3)29-31(28-6,30-22(26-4,27-5)14-10-15-23)19-11-17-25(18-16-24)20-12-8-7-9-13-20/h7-9,12-13H,10-11,14-19,23-24H2,1-6H3. The van der Waals surface area contributed by atoms with Crippen LogP contribution in [0.1, 0.15) is 40.0 Å². The van der Waals surface area contributed by atoms with Crippen LogP contribution in [0.5, 0.6) is 0 Å². The van der Waals surface area contributed by atoms with Crippen molar-refractivity contribution in [3.8, 4) is 0 Å². The van der Waals surface area contributed by atoms with E-state index in [1.165, 1.54) is 0 Å². The van der Waals surface area contributed by atoms with Crippen LogP contribution >= 0.6 is 0 Å². The molecule has 0 saturated carbocycles. The smallest absolute Gasteiger partial charge is 0.377 e. The summed E-state index contributed by atoms with van der Waals surface area (Å²) in [5.74, 6) is -1.26. The molecule has 0 spiro atoms. The Morgan fingerprint density at radius 1 is 0.871 bits per heavy atom. The number of nitrogens with two attached hydrogens (primary N) is 2. The Bertz CT molecular complexity index is 599. The van der Waals surface area contributed by atoms with Crippen molar-refractivity contribution >= 4 is 14.5 Å². The highest BCUT2D eigenvalue weighted by Crippen LogP contribution is 2.32. The van der Waals surface area contributed by atoms with Crippen LogP contribution in [0.25, 0.3) is 0 Å². The lowest BCUT2D eigenvalue weighted by molar-refractivity contribution is -0.343. The number of hydrogen-bond donors (Lipinski definition) is 2. The predicted octanol–water partition coefficient (Wildman–Crippen LogP) is 2.94. The summed E-state index contributed by atoms with van der Waals surface area (Å²) in [6, 6.07) is 10.9. The van der Waals surface area contributed by atoms with Gasteiger partial charge in [-0.3, -0.25) is 0 Å². The summed E-state index contributed by atoms with van der Waals surface area (Å²) in [5, 5.41) is 0. The average molecular weight is 458 g/mol. The lowest BCUT2D eigenvalue weighted by Gasteiger charge is -2.41. The van der Waals surface area contributed by atoms with E-state index in [-0.39, 0.29) is 0 Å². The SMILES string of the molecule is COC(CCCN)(OC)O[Si](CCCN(CCN)c1ccccc1)(OC)OC(C)(C)C. The molecule has 0 fully saturated rings. The van der Waals surface area contributed by atoms with Gasteiger partial charge in [0.15, 0.2) is 0 Å². The van der Waals surface area contributed by atoms with Gasteiger partial charge in [0, 0.05) is 59.1 Å². The monoisotopic (exact) mass is 457 g/mol. The maximum absolute atomic E-state index is 6.45. The minimum Gasteiger partial charge on any atom is -0.377 e. The van der Waals surface area contributed by atoms with Crippen LogP contribution in [-0.2, 0) is 22.8 Å². The summed E-state index contributed by atoms with van der Waals surface area (Å²) < 4.78 is 30.1. The summed E-state index contributed by atoms with van der Waals surface area (Å²) >= 11 is 0. The van der Waals surface area contributed by atoms with Crippen molar-refractivity contribution in [3.63, 3.8) is 0 Å². The topological polar surface area (TPSA) is 101 Å². The fraction of sp³-hybridized carbons (Fsp3) is 0.727. The first-order chi connectivity index (χ1) is 14.7. The van der Waals surface area contributed by atoms with Crippen LogP contribution in [0.2, 0.25) is 6.04 Å². The van der Waals surface area contributed by atoms with Gasteiger partial charge in [0.25, 0.3) is 5.97 Å². The van der Waals surface area contributed by atoms with E-state index in [4.69, 9.17) is 34.2 Å². The van der Waals surface area contributed by atoms with Gasteiger partial charge in [-0.15, -0.1) is 0 Å². The van der Waals surface area contributed by atoms with Crippen molar-refractivity contribution in [1.82, 2.24) is 0 Å². The third kappa shape index (κ3) is 9.54. The molecule has 1 aromatic carbocycles. The molecule has 9 heteroatoms. The Hall–Kier alpha value is -1.04. The predicted molar refractivity (Wildman–Crippen MR) is 127 cm³/mol. The Morgan fingerprint density at radius 3 is 2.00 bits per heavy atom. The van der Waals surface area contributed by atoms with Crippen LogP contribution < -0.4 is 16.4 Å². The second-order valence-corrected chi connectivity index (χ2v) is 11.1. The lowest BCUT2D eigenvalue weighted by Crippen LogP contribution is -2.57. The van der Waals surface area contributed by atoms with Crippen molar-refractivity contribution in [2.75, 3.05) is 52.4 Å². The lowest BCUT2D eigenvalue weighted by atomic mass is 10.2. The quantitative estimate of drug-likeness (QED) is 0.289.